The van der Waals surface area contributed by atoms with Gasteiger partial charge in [-0.1, -0.05) is 26.3 Å². The molecule has 56 valence electrons. The average Bonchev–Trinajstić information content (AvgIpc) is 1.90. The van der Waals surface area contributed by atoms with E-state index in [0.29, 0.717) is 5.92 Å². The molecule has 0 aromatic rings. The van der Waals surface area contributed by atoms with E-state index in [1.165, 1.54) is 5.57 Å². The van der Waals surface area contributed by atoms with Crippen LogP contribution in [0.2, 0.25) is 0 Å². The normalized spacial score (nSPS) is 12.8. The zero-order chi connectivity index (χ0) is 8.15. The van der Waals surface area contributed by atoms with Gasteiger partial charge in [0, 0.05) is 5.57 Å². The van der Waals surface area contributed by atoms with Crippen LogP contribution >= 0.6 is 0 Å². The van der Waals surface area contributed by atoms with Gasteiger partial charge in [-0.05, 0) is 19.3 Å². The minimum Gasteiger partial charge on any atom is -0.193 e. The number of hydrogen-bond acceptors (Lipinski definition) is 1. The molecule has 0 saturated carbocycles. The van der Waals surface area contributed by atoms with E-state index in [1.807, 2.05) is 13.8 Å². The second-order valence-electron chi connectivity index (χ2n) is 2.78. The van der Waals surface area contributed by atoms with Crippen molar-refractivity contribution in [1.29, 1.82) is 5.26 Å². The van der Waals surface area contributed by atoms with Gasteiger partial charge in [0.15, 0.2) is 0 Å². The fourth-order valence-corrected chi connectivity index (χ4v) is 0.795. The lowest BCUT2D eigenvalue weighted by Crippen LogP contribution is -1.93. The molecular formula is C9H15N. The largest absolute Gasteiger partial charge is 0.193 e. The fraction of sp³-hybridized carbons (Fsp3) is 0.667. The summed E-state index contributed by atoms with van der Waals surface area (Å²) in [5.41, 5.74) is 2.17. The molecule has 0 heterocycles. The van der Waals surface area contributed by atoms with Gasteiger partial charge in [-0.15, -0.1) is 0 Å². The van der Waals surface area contributed by atoms with Gasteiger partial charge in [0.25, 0.3) is 0 Å². The monoisotopic (exact) mass is 137 g/mol. The van der Waals surface area contributed by atoms with Gasteiger partial charge < -0.3 is 0 Å². The summed E-state index contributed by atoms with van der Waals surface area (Å²) in [7, 11) is 0. The maximum Gasteiger partial charge on any atom is 0.0946 e. The third kappa shape index (κ3) is 2.23. The molecule has 0 aliphatic heterocycles. The van der Waals surface area contributed by atoms with Crippen molar-refractivity contribution in [3.8, 4) is 6.07 Å². The van der Waals surface area contributed by atoms with Crippen LogP contribution < -0.4 is 0 Å². The summed E-state index contributed by atoms with van der Waals surface area (Å²) in [6.07, 6.45) is 0.862. The highest BCUT2D eigenvalue weighted by atomic mass is 14.2. The first-order valence-corrected chi connectivity index (χ1v) is 3.73. The molecule has 0 saturated heterocycles. The Balaban J connectivity index is 4.48. The van der Waals surface area contributed by atoms with Crippen LogP contribution in [0, 0.1) is 17.2 Å². The molecule has 0 rings (SSSR count). The van der Waals surface area contributed by atoms with E-state index in [9.17, 15) is 0 Å². The Bertz CT molecular complexity index is 170. The number of nitriles is 1. The molecule has 0 aromatic heterocycles. The van der Waals surface area contributed by atoms with E-state index in [-0.39, 0.29) is 0 Å². The van der Waals surface area contributed by atoms with Crippen LogP contribution in [0.15, 0.2) is 11.1 Å². The molecule has 0 spiro atoms. The Kier molecular flexibility index (Phi) is 3.79. The molecule has 1 nitrogen and oxygen atoms in total. The summed E-state index contributed by atoms with van der Waals surface area (Å²) in [5, 5.41) is 8.64. The quantitative estimate of drug-likeness (QED) is 0.537. The Morgan fingerprint density at radius 3 is 2.10 bits per heavy atom. The van der Waals surface area contributed by atoms with E-state index < -0.39 is 0 Å². The molecular weight excluding hydrogens is 122 g/mol. The van der Waals surface area contributed by atoms with Crippen LogP contribution in [0.1, 0.15) is 34.1 Å². The topological polar surface area (TPSA) is 23.8 Å². The Hall–Kier alpha value is -0.770. The van der Waals surface area contributed by atoms with Crippen LogP contribution in [0.25, 0.3) is 0 Å². The Morgan fingerprint density at radius 1 is 1.50 bits per heavy atom. The minimum absolute atomic E-state index is 0.509. The zero-order valence-corrected chi connectivity index (χ0v) is 7.23. The molecule has 0 radical (unpaired) electrons. The summed E-state index contributed by atoms with van der Waals surface area (Å²) in [6, 6.07) is 2.21. The molecule has 1 heteroatoms. The first-order valence-electron chi connectivity index (χ1n) is 3.73. The minimum atomic E-state index is 0.509. The van der Waals surface area contributed by atoms with Crippen molar-refractivity contribution in [2.75, 3.05) is 0 Å². The van der Waals surface area contributed by atoms with Gasteiger partial charge in [-0.3, -0.25) is 0 Å². The molecule has 0 bridgehead atoms. The third-order valence-electron chi connectivity index (χ3n) is 1.83. The van der Waals surface area contributed by atoms with Gasteiger partial charge in [0.1, 0.15) is 0 Å². The van der Waals surface area contributed by atoms with Crippen molar-refractivity contribution in [3.63, 3.8) is 0 Å². The highest BCUT2D eigenvalue weighted by Gasteiger charge is 2.02. The second kappa shape index (κ2) is 4.11. The highest BCUT2D eigenvalue weighted by molar-refractivity contribution is 5.26. The van der Waals surface area contributed by atoms with E-state index >= 15 is 0 Å². The lowest BCUT2D eigenvalue weighted by atomic mass is 9.98. The first-order chi connectivity index (χ1) is 4.63. The summed E-state index contributed by atoms with van der Waals surface area (Å²) in [5.74, 6) is 0.509. The van der Waals surface area contributed by atoms with Crippen LogP contribution in [-0.4, -0.2) is 0 Å². The molecule has 0 N–H and O–H groups in total. The lowest BCUT2D eigenvalue weighted by Gasteiger charge is -2.06. The van der Waals surface area contributed by atoms with Crippen LogP contribution in [0.3, 0.4) is 0 Å². The second-order valence-corrected chi connectivity index (χ2v) is 2.78. The summed E-state index contributed by atoms with van der Waals surface area (Å²) in [4.78, 5) is 0. The van der Waals surface area contributed by atoms with Crippen LogP contribution in [0.4, 0.5) is 0 Å². The molecule has 10 heavy (non-hydrogen) atoms. The molecule has 0 unspecified atom stereocenters. The third-order valence-corrected chi connectivity index (χ3v) is 1.83. The highest BCUT2D eigenvalue weighted by Crippen LogP contribution is 2.15. The van der Waals surface area contributed by atoms with Crippen molar-refractivity contribution in [2.24, 2.45) is 5.92 Å². The van der Waals surface area contributed by atoms with Crippen LogP contribution in [0.5, 0.6) is 0 Å². The molecule has 0 aliphatic carbocycles. The maximum absolute atomic E-state index is 8.64. The van der Waals surface area contributed by atoms with Crippen molar-refractivity contribution >= 4 is 0 Å². The summed E-state index contributed by atoms with van der Waals surface area (Å²) < 4.78 is 0. The molecule has 0 fully saturated rings. The first kappa shape index (κ1) is 9.23. The fourth-order valence-electron chi connectivity index (χ4n) is 0.795. The average molecular weight is 137 g/mol. The lowest BCUT2D eigenvalue weighted by molar-refractivity contribution is 0.755. The summed E-state index contributed by atoms with van der Waals surface area (Å²) in [6.45, 7) is 8.28. The Morgan fingerprint density at radius 2 is 2.00 bits per heavy atom. The van der Waals surface area contributed by atoms with Gasteiger partial charge in [0.2, 0.25) is 0 Å². The SMILES string of the molecule is CC/C(C#N)=C(/C)C(C)C. The number of rotatable bonds is 2. The van der Waals surface area contributed by atoms with Gasteiger partial charge >= 0.3 is 0 Å². The predicted molar refractivity (Wildman–Crippen MR) is 43.4 cm³/mol. The molecule has 0 atom stereocenters. The predicted octanol–water partition coefficient (Wildman–Crippen LogP) is 2.89. The van der Waals surface area contributed by atoms with E-state index in [1.54, 1.807) is 0 Å². The van der Waals surface area contributed by atoms with E-state index in [4.69, 9.17) is 5.26 Å². The number of hydrogen-bond donors (Lipinski definition) is 0. The maximum atomic E-state index is 8.64. The molecule has 0 amide bonds. The molecule has 0 aliphatic rings. The van der Waals surface area contributed by atoms with Crippen molar-refractivity contribution in [1.82, 2.24) is 0 Å². The smallest absolute Gasteiger partial charge is 0.0946 e. The van der Waals surface area contributed by atoms with Crippen LogP contribution in [-0.2, 0) is 0 Å². The number of allylic oxidation sites excluding steroid dienone is 2. The standard InChI is InChI=1S/C9H15N/c1-5-9(6-10)8(4)7(2)3/h7H,5H2,1-4H3/b9-8+. The van der Waals surface area contributed by atoms with E-state index in [2.05, 4.69) is 19.9 Å². The zero-order valence-electron chi connectivity index (χ0n) is 7.23. The molecule has 0 aromatic carbocycles. The van der Waals surface area contributed by atoms with Crippen molar-refractivity contribution < 1.29 is 0 Å². The van der Waals surface area contributed by atoms with Gasteiger partial charge in [-0.2, -0.15) is 5.26 Å². The van der Waals surface area contributed by atoms with Crippen molar-refractivity contribution in [3.05, 3.63) is 11.1 Å². The van der Waals surface area contributed by atoms with Gasteiger partial charge in [0.05, 0.1) is 6.07 Å². The van der Waals surface area contributed by atoms with Gasteiger partial charge in [-0.25, -0.2) is 0 Å². The summed E-state index contributed by atoms with van der Waals surface area (Å²) >= 11 is 0. The number of nitrogens with zero attached hydrogens (tertiary/aromatic N) is 1. The Labute approximate surface area is 63.4 Å². The van der Waals surface area contributed by atoms with Crippen molar-refractivity contribution in [2.45, 2.75) is 34.1 Å². The van der Waals surface area contributed by atoms with E-state index in [0.717, 1.165) is 12.0 Å².